The first kappa shape index (κ1) is 13.4. The van der Waals surface area contributed by atoms with Crippen molar-refractivity contribution in [2.75, 3.05) is 11.9 Å². The van der Waals surface area contributed by atoms with E-state index in [9.17, 15) is 5.11 Å². The van der Waals surface area contributed by atoms with Crippen LogP contribution in [0.2, 0.25) is 0 Å². The summed E-state index contributed by atoms with van der Waals surface area (Å²) in [5.41, 5.74) is 2.39. The Balaban J connectivity index is 1.95. The second-order valence-corrected chi connectivity index (χ2v) is 4.94. The first-order valence-corrected chi connectivity index (χ1v) is 6.90. The van der Waals surface area contributed by atoms with Crippen LogP contribution >= 0.6 is 0 Å². The molecule has 2 rings (SSSR count). The summed E-state index contributed by atoms with van der Waals surface area (Å²) in [6.07, 6.45) is 3.81. The van der Waals surface area contributed by atoms with Gasteiger partial charge in [0.2, 0.25) is 0 Å². The van der Waals surface area contributed by atoms with Crippen molar-refractivity contribution in [3.63, 3.8) is 0 Å². The van der Waals surface area contributed by atoms with Crippen LogP contribution < -0.4 is 5.32 Å². The van der Waals surface area contributed by atoms with Crippen LogP contribution in [0.5, 0.6) is 0 Å². The highest BCUT2D eigenvalue weighted by Gasteiger charge is 2.19. The topological polar surface area (TPSA) is 41.5 Å². The first-order chi connectivity index (χ1) is 8.79. The van der Waals surface area contributed by atoms with Crippen molar-refractivity contribution in [3.05, 3.63) is 29.8 Å². The number of hydrogen-bond donors (Lipinski definition) is 2. The van der Waals surface area contributed by atoms with Crippen LogP contribution in [-0.4, -0.2) is 23.9 Å². The van der Waals surface area contributed by atoms with Crippen LogP contribution in [0.25, 0.3) is 0 Å². The normalized spacial score (nSPS) is 23.9. The van der Waals surface area contributed by atoms with E-state index >= 15 is 0 Å². The van der Waals surface area contributed by atoms with Gasteiger partial charge in [-0.25, -0.2) is 0 Å². The minimum absolute atomic E-state index is 0.0956. The third-order valence-corrected chi connectivity index (χ3v) is 3.54. The number of hydrogen-bond acceptors (Lipinski definition) is 3. The monoisotopic (exact) mass is 249 g/mol. The SMILES string of the molecule is CCOCc1ccccc1NC1CCC(O)CC1. The molecule has 0 radical (unpaired) electrons. The standard InChI is InChI=1S/C15H23NO2/c1-2-18-11-12-5-3-4-6-15(12)16-13-7-9-14(17)10-8-13/h3-6,13-14,16-17H,2,7-11H2,1H3. The number of nitrogens with one attached hydrogen (secondary N) is 1. The Morgan fingerprint density at radius 3 is 2.67 bits per heavy atom. The summed E-state index contributed by atoms with van der Waals surface area (Å²) < 4.78 is 5.49. The first-order valence-electron chi connectivity index (χ1n) is 6.90. The molecule has 1 aliphatic rings. The number of para-hydroxylation sites is 1. The zero-order chi connectivity index (χ0) is 12.8. The number of rotatable bonds is 5. The molecule has 0 aliphatic heterocycles. The van der Waals surface area contributed by atoms with Crippen molar-refractivity contribution in [1.29, 1.82) is 0 Å². The fraction of sp³-hybridized carbons (Fsp3) is 0.600. The summed E-state index contributed by atoms with van der Waals surface area (Å²) in [6.45, 7) is 3.41. The Bertz CT molecular complexity index is 359. The molecule has 0 aromatic heterocycles. The van der Waals surface area contributed by atoms with Gasteiger partial charge in [0.15, 0.2) is 0 Å². The molecule has 0 spiro atoms. The smallest absolute Gasteiger partial charge is 0.0736 e. The van der Waals surface area contributed by atoms with Crippen LogP contribution in [0.1, 0.15) is 38.2 Å². The summed E-state index contributed by atoms with van der Waals surface area (Å²) in [4.78, 5) is 0. The van der Waals surface area contributed by atoms with Gasteiger partial charge >= 0.3 is 0 Å². The molecule has 18 heavy (non-hydrogen) atoms. The molecule has 1 aliphatic carbocycles. The highest BCUT2D eigenvalue weighted by Crippen LogP contribution is 2.24. The van der Waals surface area contributed by atoms with E-state index in [1.54, 1.807) is 0 Å². The zero-order valence-corrected chi connectivity index (χ0v) is 11.1. The molecular weight excluding hydrogens is 226 g/mol. The van der Waals surface area contributed by atoms with Crippen molar-refractivity contribution in [3.8, 4) is 0 Å². The Morgan fingerprint density at radius 1 is 1.22 bits per heavy atom. The number of ether oxygens (including phenoxy) is 1. The Labute approximate surface area is 109 Å². The summed E-state index contributed by atoms with van der Waals surface area (Å²) in [5, 5.41) is 13.1. The van der Waals surface area contributed by atoms with Crippen molar-refractivity contribution in [2.45, 2.75) is 51.4 Å². The Hall–Kier alpha value is -1.06. The summed E-state index contributed by atoms with van der Waals surface area (Å²) in [7, 11) is 0. The van der Waals surface area contributed by atoms with Gasteiger partial charge in [-0.15, -0.1) is 0 Å². The Morgan fingerprint density at radius 2 is 1.94 bits per heavy atom. The number of benzene rings is 1. The average Bonchev–Trinajstić information content (AvgIpc) is 2.40. The predicted octanol–water partition coefficient (Wildman–Crippen LogP) is 2.94. The molecule has 1 aromatic rings. The van der Waals surface area contributed by atoms with Crippen LogP contribution in [0, 0.1) is 0 Å². The Kier molecular flexibility index (Phi) is 5.02. The molecule has 1 aromatic carbocycles. The van der Waals surface area contributed by atoms with E-state index in [-0.39, 0.29) is 6.10 Å². The van der Waals surface area contributed by atoms with Gasteiger partial charge in [-0.1, -0.05) is 18.2 Å². The minimum Gasteiger partial charge on any atom is -0.393 e. The van der Waals surface area contributed by atoms with Gasteiger partial charge in [-0.3, -0.25) is 0 Å². The minimum atomic E-state index is -0.0956. The van der Waals surface area contributed by atoms with Crippen molar-refractivity contribution >= 4 is 5.69 Å². The van der Waals surface area contributed by atoms with Crippen LogP contribution in [0.4, 0.5) is 5.69 Å². The molecule has 3 heteroatoms. The molecule has 0 unspecified atom stereocenters. The largest absolute Gasteiger partial charge is 0.393 e. The third-order valence-electron chi connectivity index (χ3n) is 3.54. The van der Waals surface area contributed by atoms with Gasteiger partial charge in [0.05, 0.1) is 12.7 Å². The molecule has 0 heterocycles. The number of aliphatic hydroxyl groups is 1. The molecule has 1 saturated carbocycles. The molecule has 0 bridgehead atoms. The molecule has 1 fully saturated rings. The summed E-state index contributed by atoms with van der Waals surface area (Å²) >= 11 is 0. The second kappa shape index (κ2) is 6.76. The maximum absolute atomic E-state index is 9.52. The maximum atomic E-state index is 9.52. The second-order valence-electron chi connectivity index (χ2n) is 4.94. The van der Waals surface area contributed by atoms with E-state index < -0.39 is 0 Å². The van der Waals surface area contributed by atoms with E-state index in [1.807, 2.05) is 13.0 Å². The van der Waals surface area contributed by atoms with Crippen LogP contribution in [0.15, 0.2) is 24.3 Å². The van der Waals surface area contributed by atoms with Gasteiger partial charge in [-0.05, 0) is 38.7 Å². The lowest BCUT2D eigenvalue weighted by atomic mass is 9.93. The van der Waals surface area contributed by atoms with Crippen LogP contribution in [0.3, 0.4) is 0 Å². The number of aliphatic hydroxyl groups excluding tert-OH is 1. The van der Waals surface area contributed by atoms with E-state index in [4.69, 9.17) is 4.74 Å². The van der Waals surface area contributed by atoms with Gasteiger partial charge in [-0.2, -0.15) is 0 Å². The summed E-state index contributed by atoms with van der Waals surface area (Å²) in [6, 6.07) is 8.80. The lowest BCUT2D eigenvalue weighted by Crippen LogP contribution is -2.28. The van der Waals surface area contributed by atoms with Gasteiger partial charge in [0.25, 0.3) is 0 Å². The van der Waals surface area contributed by atoms with Crippen molar-refractivity contribution in [2.24, 2.45) is 0 Å². The zero-order valence-electron chi connectivity index (χ0n) is 11.1. The predicted molar refractivity (Wildman–Crippen MR) is 73.7 cm³/mol. The quantitative estimate of drug-likeness (QED) is 0.843. The van der Waals surface area contributed by atoms with Gasteiger partial charge in [0, 0.05) is 23.9 Å². The molecule has 100 valence electrons. The highest BCUT2D eigenvalue weighted by molar-refractivity contribution is 5.51. The van der Waals surface area contributed by atoms with Crippen molar-refractivity contribution in [1.82, 2.24) is 0 Å². The van der Waals surface area contributed by atoms with E-state index in [0.717, 1.165) is 32.3 Å². The molecule has 0 saturated heterocycles. The fourth-order valence-electron chi connectivity index (χ4n) is 2.44. The lowest BCUT2D eigenvalue weighted by molar-refractivity contribution is 0.125. The van der Waals surface area contributed by atoms with Crippen LogP contribution in [-0.2, 0) is 11.3 Å². The molecular formula is C15H23NO2. The highest BCUT2D eigenvalue weighted by atomic mass is 16.5. The van der Waals surface area contributed by atoms with Gasteiger partial charge < -0.3 is 15.2 Å². The average molecular weight is 249 g/mol. The molecule has 2 N–H and O–H groups in total. The molecule has 3 nitrogen and oxygen atoms in total. The third kappa shape index (κ3) is 3.72. The van der Waals surface area contributed by atoms with E-state index in [2.05, 4.69) is 23.5 Å². The molecule has 0 amide bonds. The summed E-state index contributed by atoms with van der Waals surface area (Å²) in [5.74, 6) is 0. The van der Waals surface area contributed by atoms with Crippen molar-refractivity contribution < 1.29 is 9.84 Å². The fourth-order valence-corrected chi connectivity index (χ4v) is 2.44. The molecule has 0 atom stereocenters. The maximum Gasteiger partial charge on any atom is 0.0736 e. The van der Waals surface area contributed by atoms with Gasteiger partial charge in [0.1, 0.15) is 0 Å². The van der Waals surface area contributed by atoms with E-state index in [0.29, 0.717) is 12.6 Å². The number of anilines is 1. The van der Waals surface area contributed by atoms with E-state index in [1.165, 1.54) is 11.3 Å². The lowest BCUT2D eigenvalue weighted by Gasteiger charge is -2.27.